The first-order chi connectivity index (χ1) is 36.6. The third-order valence-electron chi connectivity index (χ3n) is 13.2. The average molecular weight is 1100 g/mol. The van der Waals surface area contributed by atoms with Crippen molar-refractivity contribution >= 4 is 69.1 Å². The smallest absolute Gasteiger partial charge is 0.407 e. The van der Waals surface area contributed by atoms with E-state index in [0.29, 0.717) is 42.6 Å². The number of benzene rings is 3. The first kappa shape index (κ1) is 63.1. The highest BCUT2D eigenvalue weighted by molar-refractivity contribution is 7.90. The molecule has 1 saturated heterocycles. The van der Waals surface area contributed by atoms with E-state index in [4.69, 9.17) is 4.74 Å². The van der Waals surface area contributed by atoms with Crippen LogP contribution in [0.3, 0.4) is 0 Å². The van der Waals surface area contributed by atoms with Crippen molar-refractivity contribution in [3.8, 4) is 0 Å². The van der Waals surface area contributed by atoms with Crippen molar-refractivity contribution in [3.05, 3.63) is 107 Å². The van der Waals surface area contributed by atoms with Gasteiger partial charge >= 0.3 is 6.09 Å². The van der Waals surface area contributed by atoms with Crippen molar-refractivity contribution in [1.29, 1.82) is 0 Å². The minimum Gasteiger partial charge on any atom is -0.445 e. The Kier molecular flexibility index (Phi) is 23.3. The number of likely N-dealkylation sites (N-methyl/N-ethyl adjacent to an activating group) is 2. The Hall–Kier alpha value is -7.46. The molecule has 4 rings (SSSR count). The number of nitrogens with one attached hydrogen (secondary N) is 7. The van der Waals surface area contributed by atoms with E-state index in [1.54, 1.807) is 45.2 Å². The Bertz CT molecular complexity index is 2740. The Morgan fingerprint density at radius 1 is 0.756 bits per heavy atom. The Labute approximate surface area is 457 Å². The molecule has 0 aromatic heterocycles. The van der Waals surface area contributed by atoms with Gasteiger partial charge in [-0.05, 0) is 79.1 Å². The van der Waals surface area contributed by atoms with Crippen LogP contribution in [0.5, 0.6) is 0 Å². The third-order valence-corrected chi connectivity index (χ3v) is 14.6. The maximum atomic E-state index is 13.8. The summed E-state index contributed by atoms with van der Waals surface area (Å²) in [6, 6.07) is 19.0. The minimum absolute atomic E-state index is 0.0123. The largest absolute Gasteiger partial charge is 0.445 e. The molecule has 22 heteroatoms. The van der Waals surface area contributed by atoms with E-state index in [0.717, 1.165) is 5.56 Å². The van der Waals surface area contributed by atoms with Crippen LogP contribution >= 0.6 is 0 Å². The number of anilines is 1. The predicted octanol–water partition coefficient (Wildman–Crippen LogP) is 4.32. The van der Waals surface area contributed by atoms with Crippen LogP contribution in [0.15, 0.2) is 95.4 Å². The van der Waals surface area contributed by atoms with E-state index >= 15 is 0 Å². The minimum atomic E-state index is -4.32. The van der Waals surface area contributed by atoms with Crippen LogP contribution in [0.2, 0.25) is 0 Å². The zero-order chi connectivity index (χ0) is 58.0. The van der Waals surface area contributed by atoms with Gasteiger partial charge in [-0.3, -0.25) is 43.3 Å². The molecule has 78 heavy (non-hydrogen) atoms. The third kappa shape index (κ3) is 18.9. The van der Waals surface area contributed by atoms with Crippen molar-refractivity contribution in [2.24, 2.45) is 11.3 Å². The van der Waals surface area contributed by atoms with Gasteiger partial charge in [-0.25, -0.2) is 17.9 Å². The van der Waals surface area contributed by atoms with E-state index in [2.05, 4.69) is 31.9 Å². The number of carbonyl (C=O) groups excluding carboxylic acids is 9. The van der Waals surface area contributed by atoms with Crippen LogP contribution in [0.25, 0.3) is 0 Å². The summed E-state index contributed by atoms with van der Waals surface area (Å²) in [5, 5.41) is 16.6. The second kappa shape index (κ2) is 28.8. The first-order valence-electron chi connectivity index (χ1n) is 25.9. The number of nitrogens with zero attached hydrogens (tertiary/aromatic N) is 2. The molecule has 1 heterocycles. The number of imide groups is 1. The monoisotopic (exact) mass is 1100 g/mol. The lowest BCUT2D eigenvalue weighted by atomic mass is 9.76. The summed E-state index contributed by atoms with van der Waals surface area (Å²) in [5.74, 6) is -3.63. The molecule has 3 aromatic rings. The topological polar surface area (TPSA) is 288 Å². The summed E-state index contributed by atoms with van der Waals surface area (Å²) in [6.07, 6.45) is 3.03. The highest BCUT2D eigenvalue weighted by Gasteiger charge is 2.41. The lowest BCUT2D eigenvalue weighted by Crippen LogP contribution is -2.60. The highest BCUT2D eigenvalue weighted by Crippen LogP contribution is 2.29. The van der Waals surface area contributed by atoms with Crippen LogP contribution in [0.1, 0.15) is 111 Å². The summed E-state index contributed by atoms with van der Waals surface area (Å²) in [6.45, 7) is 14.1. The number of likely N-dealkylation sites (tertiary alicyclic amines) is 1. The Morgan fingerprint density at radius 2 is 1.37 bits per heavy atom. The van der Waals surface area contributed by atoms with Crippen LogP contribution in [-0.4, -0.2) is 123 Å². The van der Waals surface area contributed by atoms with Gasteiger partial charge in [-0.1, -0.05) is 116 Å². The second-order valence-corrected chi connectivity index (χ2v) is 22.9. The van der Waals surface area contributed by atoms with Gasteiger partial charge in [0.05, 0.1) is 17.5 Å². The number of carbonyl (C=O) groups is 9. The number of hydrogen-bond donors (Lipinski definition) is 7. The van der Waals surface area contributed by atoms with Crippen molar-refractivity contribution in [3.63, 3.8) is 0 Å². The van der Waals surface area contributed by atoms with Gasteiger partial charge < -0.3 is 41.5 Å². The Balaban J connectivity index is 1.17. The van der Waals surface area contributed by atoms with E-state index in [1.165, 1.54) is 54.1 Å². The lowest BCUT2D eigenvalue weighted by molar-refractivity contribution is -0.139. The molecule has 0 saturated carbocycles. The van der Waals surface area contributed by atoms with Gasteiger partial charge in [-0.2, -0.15) is 0 Å². The maximum Gasteiger partial charge on any atom is 0.407 e. The first-order valence-corrected chi connectivity index (χ1v) is 27.4. The molecule has 1 aliphatic heterocycles. The van der Waals surface area contributed by atoms with Crippen molar-refractivity contribution in [2.75, 3.05) is 39.0 Å². The molecule has 424 valence electrons. The number of rotatable bonds is 27. The molecule has 1 fully saturated rings. The molecule has 3 atom stereocenters. The molecule has 0 spiro atoms. The molecular weight excluding hydrogens is 1020 g/mol. The van der Waals surface area contributed by atoms with E-state index in [9.17, 15) is 51.6 Å². The number of hydrogen-bond acceptors (Lipinski definition) is 13. The van der Waals surface area contributed by atoms with Crippen LogP contribution in [0, 0.1) is 11.3 Å². The molecule has 0 bridgehead atoms. The average Bonchev–Trinajstić information content (AvgIpc) is 3.71. The predicted molar refractivity (Wildman–Crippen MR) is 293 cm³/mol. The highest BCUT2D eigenvalue weighted by atomic mass is 32.2. The second-order valence-electron chi connectivity index (χ2n) is 21.2. The van der Waals surface area contributed by atoms with Crippen LogP contribution < -0.4 is 36.6 Å². The summed E-state index contributed by atoms with van der Waals surface area (Å²) in [5.41, 5.74) is 1.20. The number of sulfonamides is 1. The summed E-state index contributed by atoms with van der Waals surface area (Å²) in [4.78, 5) is 117. The number of alkyl carbamates (subject to hydrolysis) is 1. The molecule has 0 radical (unpaired) electrons. The summed E-state index contributed by atoms with van der Waals surface area (Å²) < 4.78 is 33.7. The zero-order valence-corrected chi connectivity index (χ0v) is 47.2. The fourth-order valence-electron chi connectivity index (χ4n) is 8.38. The van der Waals surface area contributed by atoms with Gasteiger partial charge in [0.25, 0.3) is 15.9 Å². The van der Waals surface area contributed by atoms with E-state index in [-0.39, 0.29) is 85.5 Å². The van der Waals surface area contributed by atoms with Gasteiger partial charge in [0.1, 0.15) is 18.7 Å². The molecule has 21 nitrogen and oxygen atoms in total. The molecule has 7 N–H and O–H groups in total. The van der Waals surface area contributed by atoms with Crippen molar-refractivity contribution in [1.82, 2.24) is 41.1 Å². The van der Waals surface area contributed by atoms with Crippen molar-refractivity contribution in [2.45, 2.75) is 136 Å². The maximum absolute atomic E-state index is 13.8. The zero-order valence-electron chi connectivity index (χ0n) is 46.4. The SMILES string of the molecule is CN[C@H](C(=O)N[C@H](C(=O)N(C)C/C=C(\C)C(=O)NS(=O)(=O)c1ccc(CNC(=O)OCc2ccc(NC(=O)CNC(=O)C(NC(=O)CCCCCN3C(=O)CCC3=O)C(C)C)cc2)cc1)C(C)(C)C)C(C)(C)c1ccccc1. The normalized spacial score (nSPS) is 14.2. The van der Waals surface area contributed by atoms with Gasteiger partial charge in [0, 0.05) is 62.6 Å². The van der Waals surface area contributed by atoms with E-state index in [1.807, 2.05) is 69.7 Å². The standard InChI is InChI=1S/C56H77N9O12S/c1-36(2)47(61-43(66)19-15-12-16-31-65-45(68)28-29-46(65)69)51(71)58-34-44(67)60-41-24-20-39(21-25-41)35-77-54(74)59-33-38-22-26-42(27-23-38)78(75,76)63-50(70)37(3)30-32-64(10)53(73)49(55(4,5)6)62-52(72)48(57-9)56(7,8)40-17-13-11-14-18-40/h11,13-14,17-18,20-27,30,36,47-49,57H,12,15-16,19,28-29,31-35H2,1-10H3,(H,58,71)(H,59,74)(H,60,67)(H,61,66)(H,62,72)(H,63,70)/b37-30+/t47?,48-,49-/m1/s1. The number of ether oxygens (including phenoxy) is 1. The fraction of sp³-hybridized carbons (Fsp3) is 0.482. The molecule has 1 aliphatic rings. The van der Waals surface area contributed by atoms with Gasteiger partial charge in [-0.15, -0.1) is 0 Å². The molecule has 1 unspecified atom stereocenters. The van der Waals surface area contributed by atoms with E-state index < -0.39 is 68.7 Å². The summed E-state index contributed by atoms with van der Waals surface area (Å²) in [7, 11) is -1.11. The summed E-state index contributed by atoms with van der Waals surface area (Å²) >= 11 is 0. The number of unbranched alkanes of at least 4 members (excludes halogenated alkanes) is 2. The lowest BCUT2D eigenvalue weighted by Gasteiger charge is -2.38. The fourth-order valence-corrected chi connectivity index (χ4v) is 9.40. The molecule has 0 aliphatic carbocycles. The van der Waals surface area contributed by atoms with Crippen LogP contribution in [-0.2, 0) is 71.7 Å². The van der Waals surface area contributed by atoms with Gasteiger partial charge in [0.15, 0.2) is 0 Å². The van der Waals surface area contributed by atoms with Crippen LogP contribution in [0.4, 0.5) is 10.5 Å². The molecule has 9 amide bonds. The Morgan fingerprint density at radius 3 is 1.96 bits per heavy atom. The van der Waals surface area contributed by atoms with Gasteiger partial charge in [0.2, 0.25) is 41.4 Å². The number of amides is 9. The molecule has 3 aromatic carbocycles. The molecular formula is C56H77N9O12S. The van der Waals surface area contributed by atoms with Crippen molar-refractivity contribution < 1.29 is 56.3 Å². The quantitative estimate of drug-likeness (QED) is 0.0319.